The van der Waals surface area contributed by atoms with Crippen molar-refractivity contribution in [2.24, 2.45) is 5.92 Å². The number of H-pyrrole nitrogens is 1. The van der Waals surface area contributed by atoms with Crippen LogP contribution in [0.3, 0.4) is 0 Å². The van der Waals surface area contributed by atoms with Gasteiger partial charge in [-0.3, -0.25) is 4.79 Å². The van der Waals surface area contributed by atoms with Crippen LogP contribution in [0.5, 0.6) is 0 Å². The Labute approximate surface area is 258 Å². The number of fused-ring (bicyclic) bond motifs is 2. The van der Waals surface area contributed by atoms with Gasteiger partial charge in [-0.1, -0.05) is 48.0 Å². The Bertz CT molecular complexity index is 1580. The summed E-state index contributed by atoms with van der Waals surface area (Å²) in [5.74, 6) is 0.147. The fraction of sp³-hybridized carbons (Fsp3) is 0.353. The van der Waals surface area contributed by atoms with Crippen molar-refractivity contribution >= 4 is 45.8 Å². The highest BCUT2D eigenvalue weighted by Crippen LogP contribution is 2.33. The third-order valence-electron chi connectivity index (χ3n) is 8.55. The van der Waals surface area contributed by atoms with Crippen molar-refractivity contribution in [1.82, 2.24) is 20.1 Å². The maximum Gasteiger partial charge on any atom is 0.318 e. The molecule has 1 fully saturated rings. The van der Waals surface area contributed by atoms with Gasteiger partial charge in [0.2, 0.25) is 5.91 Å². The van der Waals surface area contributed by atoms with Gasteiger partial charge in [0.1, 0.15) is 6.04 Å². The number of nitrogens with zero attached hydrogens (tertiary/aromatic N) is 4. The van der Waals surface area contributed by atoms with Crippen LogP contribution in [0.15, 0.2) is 79.0 Å². The first-order chi connectivity index (χ1) is 20.9. The molecular formula is C34H39ClN6O2. The summed E-state index contributed by atoms with van der Waals surface area (Å²) < 4.78 is 0. The largest absolute Gasteiger partial charge is 0.368 e. The molecule has 43 heavy (non-hydrogen) atoms. The molecule has 9 heteroatoms. The number of aromatic nitrogens is 1. The lowest BCUT2D eigenvalue weighted by atomic mass is 9.91. The Morgan fingerprint density at radius 2 is 1.74 bits per heavy atom. The van der Waals surface area contributed by atoms with Crippen LogP contribution in [0.4, 0.5) is 16.2 Å². The third kappa shape index (κ3) is 6.50. The second kappa shape index (κ2) is 12.7. The number of piperazine rings is 1. The van der Waals surface area contributed by atoms with Crippen LogP contribution in [-0.4, -0.2) is 86.1 Å². The molecule has 4 aromatic rings. The first kappa shape index (κ1) is 29.1. The van der Waals surface area contributed by atoms with E-state index in [9.17, 15) is 9.59 Å². The summed E-state index contributed by atoms with van der Waals surface area (Å²) in [4.78, 5) is 39.7. The number of urea groups is 1. The fourth-order valence-electron chi connectivity index (χ4n) is 6.52. The average Bonchev–Trinajstić information content (AvgIpc) is 3.42. The Morgan fingerprint density at radius 1 is 1.00 bits per heavy atom. The maximum absolute atomic E-state index is 14.5. The number of aromatic amines is 1. The highest BCUT2D eigenvalue weighted by molar-refractivity contribution is 6.30. The number of para-hydroxylation sites is 2. The summed E-state index contributed by atoms with van der Waals surface area (Å²) in [6.07, 6.45) is 3.19. The zero-order chi connectivity index (χ0) is 29.9. The van der Waals surface area contributed by atoms with Crippen molar-refractivity contribution in [2.45, 2.75) is 18.9 Å². The van der Waals surface area contributed by atoms with E-state index in [0.29, 0.717) is 31.1 Å². The molecule has 0 radical (unpaired) electrons. The van der Waals surface area contributed by atoms with E-state index >= 15 is 0 Å². The number of hydrogen-bond donors (Lipinski definition) is 2. The van der Waals surface area contributed by atoms with Gasteiger partial charge < -0.3 is 29.9 Å². The first-order valence-electron chi connectivity index (χ1n) is 15.0. The molecule has 3 aromatic carbocycles. The highest BCUT2D eigenvalue weighted by atomic mass is 35.5. The third-order valence-corrected chi connectivity index (χ3v) is 8.79. The smallest absolute Gasteiger partial charge is 0.318 e. The van der Waals surface area contributed by atoms with E-state index in [-0.39, 0.29) is 17.9 Å². The number of hydrogen-bond acceptors (Lipinski definition) is 4. The SMILES string of the molecule is CN(C)CC1Cc2cc(Cl)ccc2N(C(=O)[C@@H](Cc2c[nH]c3ccccc23)NC(=O)N2CCN(c3ccccc3)CC2)C1. The summed E-state index contributed by atoms with van der Waals surface area (Å²) in [5, 5.41) is 4.89. The summed E-state index contributed by atoms with van der Waals surface area (Å²) >= 11 is 6.39. The van der Waals surface area contributed by atoms with E-state index in [0.717, 1.165) is 59.5 Å². The topological polar surface area (TPSA) is 74.9 Å². The van der Waals surface area contributed by atoms with Gasteiger partial charge in [-0.15, -0.1) is 0 Å². The van der Waals surface area contributed by atoms with Crippen LogP contribution in [0.2, 0.25) is 5.02 Å². The van der Waals surface area contributed by atoms with E-state index < -0.39 is 6.04 Å². The minimum absolute atomic E-state index is 0.103. The van der Waals surface area contributed by atoms with E-state index in [1.165, 1.54) is 0 Å². The second-order valence-electron chi connectivity index (χ2n) is 11.9. The predicted molar refractivity (Wildman–Crippen MR) is 174 cm³/mol. The first-order valence-corrected chi connectivity index (χ1v) is 15.4. The zero-order valence-electron chi connectivity index (χ0n) is 24.8. The number of amides is 3. The number of rotatable bonds is 7. The Balaban J connectivity index is 1.25. The molecule has 1 aromatic heterocycles. The van der Waals surface area contributed by atoms with E-state index in [4.69, 9.17) is 11.6 Å². The second-order valence-corrected chi connectivity index (χ2v) is 12.4. The Morgan fingerprint density at radius 3 is 2.51 bits per heavy atom. The summed E-state index contributed by atoms with van der Waals surface area (Å²) in [7, 11) is 4.11. The molecule has 0 bridgehead atoms. The minimum atomic E-state index is -0.736. The molecular weight excluding hydrogens is 560 g/mol. The molecule has 0 spiro atoms. The Kier molecular flexibility index (Phi) is 8.58. The molecule has 8 nitrogen and oxygen atoms in total. The molecule has 1 unspecified atom stereocenters. The predicted octanol–water partition coefficient (Wildman–Crippen LogP) is 5.03. The van der Waals surface area contributed by atoms with Gasteiger partial charge in [-0.2, -0.15) is 0 Å². The molecule has 1 saturated heterocycles. The summed E-state index contributed by atoms with van der Waals surface area (Å²) in [6, 6.07) is 23.1. The summed E-state index contributed by atoms with van der Waals surface area (Å²) in [5.41, 5.74) is 5.11. The van der Waals surface area contributed by atoms with Gasteiger partial charge in [-0.05, 0) is 74.0 Å². The van der Waals surface area contributed by atoms with Crippen molar-refractivity contribution in [3.05, 3.63) is 95.1 Å². The summed E-state index contributed by atoms with van der Waals surface area (Å²) in [6.45, 7) is 4.09. The molecule has 2 N–H and O–H groups in total. The van der Waals surface area contributed by atoms with Crippen LogP contribution >= 0.6 is 11.6 Å². The highest BCUT2D eigenvalue weighted by Gasteiger charge is 2.35. The standard InChI is InChI=1S/C34H39ClN6O2/c1-38(2)22-24-18-25-19-27(35)12-13-32(25)41(23-24)33(42)31(20-26-21-36-30-11-7-6-10-29(26)30)37-34(43)40-16-14-39(15-17-40)28-8-4-3-5-9-28/h3-13,19,21,24,31,36H,14-18,20,22-23H2,1-2H3,(H,37,43)/t24?,31-/m1/s1. The monoisotopic (exact) mass is 598 g/mol. The molecule has 2 atom stereocenters. The molecule has 224 valence electrons. The van der Waals surface area contributed by atoms with E-state index in [2.05, 4.69) is 52.4 Å². The Hall–Kier alpha value is -4.01. The van der Waals surface area contributed by atoms with Crippen LogP contribution in [0, 0.1) is 5.92 Å². The number of benzene rings is 3. The van der Waals surface area contributed by atoms with E-state index in [1.807, 2.05) is 70.6 Å². The molecule has 0 saturated carbocycles. The van der Waals surface area contributed by atoms with Crippen LogP contribution in [0.25, 0.3) is 10.9 Å². The van der Waals surface area contributed by atoms with Gasteiger partial charge in [-0.25, -0.2) is 4.79 Å². The van der Waals surface area contributed by atoms with Crippen molar-refractivity contribution in [3.63, 3.8) is 0 Å². The number of anilines is 2. The van der Waals surface area contributed by atoms with Crippen LogP contribution < -0.4 is 15.1 Å². The van der Waals surface area contributed by atoms with Gasteiger partial charge >= 0.3 is 6.03 Å². The molecule has 2 aliphatic heterocycles. The molecule has 0 aliphatic carbocycles. The normalized spacial score (nSPS) is 17.7. The fourth-order valence-corrected chi connectivity index (χ4v) is 6.71. The number of nitrogens with one attached hydrogen (secondary N) is 2. The average molecular weight is 599 g/mol. The minimum Gasteiger partial charge on any atom is -0.368 e. The lowest BCUT2D eigenvalue weighted by molar-refractivity contribution is -0.120. The van der Waals surface area contributed by atoms with Gasteiger partial charge in [0.15, 0.2) is 0 Å². The zero-order valence-corrected chi connectivity index (χ0v) is 25.6. The lowest BCUT2D eigenvalue weighted by Crippen LogP contribution is -2.58. The van der Waals surface area contributed by atoms with Crippen LogP contribution in [0.1, 0.15) is 11.1 Å². The van der Waals surface area contributed by atoms with E-state index in [1.54, 1.807) is 0 Å². The van der Waals surface area contributed by atoms with Crippen molar-refractivity contribution in [2.75, 3.05) is 63.2 Å². The van der Waals surface area contributed by atoms with Crippen LogP contribution in [-0.2, 0) is 17.6 Å². The molecule has 3 heterocycles. The molecule has 3 amide bonds. The number of halogens is 1. The molecule has 6 rings (SSSR count). The van der Waals surface area contributed by atoms with Gasteiger partial charge in [0.25, 0.3) is 0 Å². The van der Waals surface area contributed by atoms with Gasteiger partial charge in [0.05, 0.1) is 0 Å². The van der Waals surface area contributed by atoms with Crippen molar-refractivity contribution in [1.29, 1.82) is 0 Å². The quantitative estimate of drug-likeness (QED) is 0.313. The molecule has 2 aliphatic rings. The van der Waals surface area contributed by atoms with Gasteiger partial charge in [0, 0.05) is 79.2 Å². The van der Waals surface area contributed by atoms with Crippen molar-refractivity contribution < 1.29 is 9.59 Å². The maximum atomic E-state index is 14.5. The lowest BCUT2D eigenvalue weighted by Gasteiger charge is -2.39. The number of carbonyl (C=O) groups is 2. The number of carbonyl (C=O) groups excluding carboxylic acids is 2. The van der Waals surface area contributed by atoms with Crippen molar-refractivity contribution in [3.8, 4) is 0 Å².